The number of furan rings is 1. The van der Waals surface area contributed by atoms with Gasteiger partial charge in [-0.2, -0.15) is 0 Å². The molecule has 0 saturated heterocycles. The maximum absolute atomic E-state index is 12.6. The standard InChI is InChI=1S/C22H24N2O4S/c1-5-15-6-8-16(9-7-15)21-23-17(13-29-21)10-20(25)24(3)12-18-11-19(14(2)28-18)22(26)27-4/h6-9,11,13H,5,10,12H2,1-4H3. The Morgan fingerprint density at radius 2 is 1.97 bits per heavy atom. The Bertz CT molecular complexity index is 1000. The SMILES string of the molecule is CCc1ccc(-c2nc(CC(=O)N(C)Cc3cc(C(=O)OC)c(C)o3)cs2)cc1. The minimum absolute atomic E-state index is 0.0724. The van der Waals surface area contributed by atoms with E-state index < -0.39 is 5.97 Å². The Balaban J connectivity index is 1.62. The quantitative estimate of drug-likeness (QED) is 0.542. The van der Waals surface area contributed by atoms with Gasteiger partial charge in [0.2, 0.25) is 5.91 Å². The Kier molecular flexibility index (Phi) is 6.49. The molecule has 1 amide bonds. The molecule has 0 aliphatic heterocycles. The van der Waals surface area contributed by atoms with E-state index in [1.54, 1.807) is 24.9 Å². The molecule has 0 radical (unpaired) electrons. The van der Waals surface area contributed by atoms with Gasteiger partial charge >= 0.3 is 5.97 Å². The third kappa shape index (κ3) is 4.92. The highest BCUT2D eigenvalue weighted by Crippen LogP contribution is 2.25. The van der Waals surface area contributed by atoms with Crippen molar-refractivity contribution in [2.75, 3.05) is 14.2 Å². The fourth-order valence-electron chi connectivity index (χ4n) is 2.95. The van der Waals surface area contributed by atoms with Crippen molar-refractivity contribution in [1.29, 1.82) is 0 Å². The van der Waals surface area contributed by atoms with Gasteiger partial charge < -0.3 is 14.1 Å². The van der Waals surface area contributed by atoms with Crippen LogP contribution < -0.4 is 0 Å². The number of nitrogens with zero attached hydrogens (tertiary/aromatic N) is 2. The smallest absolute Gasteiger partial charge is 0.341 e. The zero-order valence-electron chi connectivity index (χ0n) is 17.0. The monoisotopic (exact) mass is 412 g/mol. The predicted octanol–water partition coefficient (Wildman–Crippen LogP) is 4.26. The van der Waals surface area contributed by atoms with E-state index in [-0.39, 0.29) is 18.9 Å². The van der Waals surface area contributed by atoms with Gasteiger partial charge in [-0.25, -0.2) is 9.78 Å². The first kappa shape index (κ1) is 20.8. The van der Waals surface area contributed by atoms with Crippen molar-refractivity contribution in [2.45, 2.75) is 33.2 Å². The van der Waals surface area contributed by atoms with Gasteiger partial charge in [-0.1, -0.05) is 31.2 Å². The Morgan fingerprint density at radius 1 is 1.24 bits per heavy atom. The topological polar surface area (TPSA) is 72.6 Å². The number of benzene rings is 1. The number of hydrogen-bond acceptors (Lipinski definition) is 6. The first-order chi connectivity index (χ1) is 13.9. The number of thiazole rings is 1. The molecule has 29 heavy (non-hydrogen) atoms. The number of carbonyl (C=O) groups excluding carboxylic acids is 2. The number of carbonyl (C=O) groups is 2. The number of esters is 1. The Labute approximate surface area is 174 Å². The molecule has 0 atom stereocenters. The summed E-state index contributed by atoms with van der Waals surface area (Å²) in [6.07, 6.45) is 1.21. The van der Waals surface area contributed by atoms with Crippen molar-refractivity contribution in [3.8, 4) is 10.6 Å². The van der Waals surface area contributed by atoms with Gasteiger partial charge in [0, 0.05) is 18.0 Å². The first-order valence-corrected chi connectivity index (χ1v) is 10.2. The number of rotatable bonds is 7. The molecule has 0 bridgehead atoms. The van der Waals surface area contributed by atoms with Crippen molar-refractivity contribution < 1.29 is 18.7 Å². The molecule has 2 heterocycles. The van der Waals surface area contributed by atoms with Crippen LogP contribution in [0.1, 0.15) is 40.1 Å². The summed E-state index contributed by atoms with van der Waals surface area (Å²) < 4.78 is 10.3. The predicted molar refractivity (Wildman–Crippen MR) is 112 cm³/mol. The number of aryl methyl sites for hydroxylation is 2. The normalized spacial score (nSPS) is 10.8. The van der Waals surface area contributed by atoms with E-state index in [0.29, 0.717) is 17.1 Å². The van der Waals surface area contributed by atoms with Gasteiger partial charge in [0.05, 0.1) is 25.8 Å². The molecule has 2 aromatic heterocycles. The molecule has 3 rings (SSSR count). The number of methoxy groups -OCH3 is 1. The van der Waals surface area contributed by atoms with Crippen LogP contribution in [0.5, 0.6) is 0 Å². The number of hydrogen-bond donors (Lipinski definition) is 0. The highest BCUT2D eigenvalue weighted by atomic mass is 32.1. The molecule has 3 aromatic rings. The van der Waals surface area contributed by atoms with Crippen molar-refractivity contribution >= 4 is 23.2 Å². The van der Waals surface area contributed by atoms with E-state index in [0.717, 1.165) is 22.7 Å². The van der Waals surface area contributed by atoms with Crippen LogP contribution in [0.15, 0.2) is 40.1 Å². The molecule has 152 valence electrons. The summed E-state index contributed by atoms with van der Waals surface area (Å²) in [4.78, 5) is 30.4. The molecule has 0 spiro atoms. The molecular weight excluding hydrogens is 388 g/mol. The van der Waals surface area contributed by atoms with Crippen LogP contribution >= 0.6 is 11.3 Å². The summed E-state index contributed by atoms with van der Waals surface area (Å²) in [6.45, 7) is 4.09. The Morgan fingerprint density at radius 3 is 2.62 bits per heavy atom. The van der Waals surface area contributed by atoms with E-state index in [2.05, 4.69) is 36.2 Å². The van der Waals surface area contributed by atoms with Gasteiger partial charge in [0.25, 0.3) is 0 Å². The number of likely N-dealkylation sites (N-methyl/N-ethyl adjacent to an activating group) is 1. The van der Waals surface area contributed by atoms with E-state index in [1.165, 1.54) is 24.0 Å². The third-order valence-electron chi connectivity index (χ3n) is 4.69. The lowest BCUT2D eigenvalue weighted by atomic mass is 10.1. The van der Waals surface area contributed by atoms with Crippen molar-refractivity contribution in [3.63, 3.8) is 0 Å². The fraction of sp³-hybridized carbons (Fsp3) is 0.318. The lowest BCUT2D eigenvalue weighted by Gasteiger charge is -2.14. The van der Waals surface area contributed by atoms with Crippen LogP contribution in [-0.2, 0) is 28.9 Å². The van der Waals surface area contributed by atoms with Crippen LogP contribution in [0, 0.1) is 6.92 Å². The van der Waals surface area contributed by atoms with Crippen LogP contribution in [0.4, 0.5) is 0 Å². The summed E-state index contributed by atoms with van der Waals surface area (Å²) in [5.41, 5.74) is 3.46. The first-order valence-electron chi connectivity index (χ1n) is 9.36. The molecule has 6 nitrogen and oxygen atoms in total. The van der Waals surface area contributed by atoms with Crippen LogP contribution in [-0.4, -0.2) is 35.9 Å². The summed E-state index contributed by atoms with van der Waals surface area (Å²) in [6, 6.07) is 9.94. The third-order valence-corrected chi connectivity index (χ3v) is 5.63. The largest absolute Gasteiger partial charge is 0.465 e. The molecular formula is C22H24N2O4S. The lowest BCUT2D eigenvalue weighted by Crippen LogP contribution is -2.27. The van der Waals surface area contributed by atoms with E-state index >= 15 is 0 Å². The van der Waals surface area contributed by atoms with Gasteiger partial charge in [-0.15, -0.1) is 11.3 Å². The van der Waals surface area contributed by atoms with Gasteiger partial charge in [0.15, 0.2) is 0 Å². The summed E-state index contributed by atoms with van der Waals surface area (Å²) in [7, 11) is 3.03. The van der Waals surface area contributed by atoms with Crippen molar-refractivity contribution in [1.82, 2.24) is 9.88 Å². The Hall–Kier alpha value is -2.93. The molecule has 0 aliphatic rings. The molecule has 1 aromatic carbocycles. The summed E-state index contributed by atoms with van der Waals surface area (Å²) >= 11 is 1.53. The maximum atomic E-state index is 12.6. The molecule has 0 saturated carbocycles. The minimum atomic E-state index is -0.451. The average Bonchev–Trinajstić information content (AvgIpc) is 3.33. The van der Waals surface area contributed by atoms with Crippen LogP contribution in [0.2, 0.25) is 0 Å². The fourth-order valence-corrected chi connectivity index (χ4v) is 3.78. The minimum Gasteiger partial charge on any atom is -0.465 e. The van der Waals surface area contributed by atoms with Crippen molar-refractivity contribution in [3.05, 3.63) is 64.1 Å². The molecule has 0 unspecified atom stereocenters. The second-order valence-electron chi connectivity index (χ2n) is 6.80. The van der Waals surface area contributed by atoms with Crippen LogP contribution in [0.25, 0.3) is 10.6 Å². The van der Waals surface area contributed by atoms with Gasteiger partial charge in [-0.05, 0) is 25.0 Å². The molecule has 0 aliphatic carbocycles. The van der Waals surface area contributed by atoms with Crippen LogP contribution in [0.3, 0.4) is 0 Å². The van der Waals surface area contributed by atoms with Gasteiger partial charge in [-0.3, -0.25) is 4.79 Å². The number of ether oxygens (including phenoxy) is 1. The average molecular weight is 413 g/mol. The van der Waals surface area contributed by atoms with E-state index in [4.69, 9.17) is 9.15 Å². The summed E-state index contributed by atoms with van der Waals surface area (Å²) in [5.74, 6) is 0.491. The summed E-state index contributed by atoms with van der Waals surface area (Å²) in [5, 5.41) is 2.82. The van der Waals surface area contributed by atoms with Crippen molar-refractivity contribution in [2.24, 2.45) is 0 Å². The highest BCUT2D eigenvalue weighted by molar-refractivity contribution is 7.13. The second-order valence-corrected chi connectivity index (χ2v) is 7.65. The van der Waals surface area contributed by atoms with E-state index in [1.807, 2.05) is 5.38 Å². The van der Waals surface area contributed by atoms with E-state index in [9.17, 15) is 9.59 Å². The lowest BCUT2D eigenvalue weighted by molar-refractivity contribution is -0.130. The number of amides is 1. The second kappa shape index (κ2) is 9.05. The molecule has 7 heteroatoms. The molecule has 0 N–H and O–H groups in total. The zero-order chi connectivity index (χ0) is 21.0. The number of aromatic nitrogens is 1. The highest BCUT2D eigenvalue weighted by Gasteiger charge is 2.19. The van der Waals surface area contributed by atoms with Gasteiger partial charge in [0.1, 0.15) is 22.1 Å². The molecule has 0 fully saturated rings. The maximum Gasteiger partial charge on any atom is 0.341 e. The zero-order valence-corrected chi connectivity index (χ0v) is 17.8.